The van der Waals surface area contributed by atoms with Crippen molar-refractivity contribution in [3.63, 3.8) is 0 Å². The minimum Gasteiger partial charge on any atom is -0.325 e. The fourth-order valence-corrected chi connectivity index (χ4v) is 2.71. The van der Waals surface area contributed by atoms with Gasteiger partial charge >= 0.3 is 0 Å². The van der Waals surface area contributed by atoms with Crippen LogP contribution in [-0.2, 0) is 4.79 Å². The van der Waals surface area contributed by atoms with Gasteiger partial charge in [-0.2, -0.15) is 0 Å². The molecule has 6 nitrogen and oxygen atoms in total. The molecule has 0 aliphatic rings. The molecule has 0 radical (unpaired) electrons. The van der Waals surface area contributed by atoms with Crippen LogP contribution < -0.4 is 5.32 Å². The maximum absolute atomic E-state index is 12.0. The smallest absolute Gasteiger partial charge is 0.234 e. The first kappa shape index (κ1) is 15.5. The highest BCUT2D eigenvalue weighted by atomic mass is 35.5. The van der Waals surface area contributed by atoms with E-state index >= 15 is 0 Å². The van der Waals surface area contributed by atoms with Crippen LogP contribution in [0.3, 0.4) is 0 Å². The standard InChI is InChI=1S/C15H12ClN5OS/c16-11-4-6-14(7-5-11)23-9-15(22)18-12-2-1-3-13(8-12)21-10-17-19-20-21/h1-8,10H,9H2,(H,18,22). The molecule has 2 aromatic carbocycles. The van der Waals surface area contributed by atoms with E-state index in [2.05, 4.69) is 20.8 Å². The Labute approximate surface area is 141 Å². The van der Waals surface area contributed by atoms with E-state index < -0.39 is 0 Å². The van der Waals surface area contributed by atoms with Gasteiger partial charge < -0.3 is 5.32 Å². The number of thioether (sulfide) groups is 1. The van der Waals surface area contributed by atoms with Crippen molar-refractivity contribution in [3.8, 4) is 5.69 Å². The number of nitrogens with one attached hydrogen (secondary N) is 1. The third-order valence-electron chi connectivity index (χ3n) is 2.93. The summed E-state index contributed by atoms with van der Waals surface area (Å²) in [6, 6.07) is 14.7. The molecule has 1 heterocycles. The zero-order valence-corrected chi connectivity index (χ0v) is 13.5. The summed E-state index contributed by atoms with van der Waals surface area (Å²) in [5, 5.41) is 14.5. The molecule has 1 aromatic heterocycles. The molecule has 0 saturated heterocycles. The van der Waals surface area contributed by atoms with Crippen molar-refractivity contribution in [2.75, 3.05) is 11.1 Å². The highest BCUT2D eigenvalue weighted by Gasteiger charge is 2.05. The normalized spacial score (nSPS) is 10.5. The number of halogens is 1. The van der Waals surface area contributed by atoms with Crippen LogP contribution in [0.15, 0.2) is 59.8 Å². The average molecular weight is 346 g/mol. The average Bonchev–Trinajstić information content (AvgIpc) is 3.09. The van der Waals surface area contributed by atoms with Gasteiger partial charge in [-0.15, -0.1) is 16.9 Å². The summed E-state index contributed by atoms with van der Waals surface area (Å²) in [5.41, 5.74) is 1.47. The SMILES string of the molecule is O=C(CSc1ccc(Cl)cc1)Nc1cccc(-n2cnnn2)c1. The van der Waals surface area contributed by atoms with Crippen LogP contribution in [0.4, 0.5) is 5.69 Å². The first-order valence-corrected chi connectivity index (χ1v) is 8.09. The molecular formula is C15H12ClN5OS. The largest absolute Gasteiger partial charge is 0.325 e. The van der Waals surface area contributed by atoms with Crippen LogP contribution in [0, 0.1) is 0 Å². The fraction of sp³-hybridized carbons (Fsp3) is 0.0667. The summed E-state index contributed by atoms with van der Waals surface area (Å²) in [7, 11) is 0. The van der Waals surface area contributed by atoms with Crippen molar-refractivity contribution in [3.05, 3.63) is 59.9 Å². The summed E-state index contributed by atoms with van der Waals surface area (Å²) in [4.78, 5) is 13.0. The van der Waals surface area contributed by atoms with Gasteiger partial charge in [0.2, 0.25) is 5.91 Å². The molecule has 0 aliphatic carbocycles. The Morgan fingerprint density at radius 3 is 2.78 bits per heavy atom. The molecule has 3 rings (SSSR count). The molecule has 0 saturated carbocycles. The van der Waals surface area contributed by atoms with Gasteiger partial charge in [-0.25, -0.2) is 4.68 Å². The quantitative estimate of drug-likeness (QED) is 0.719. The zero-order chi connectivity index (χ0) is 16.1. The molecule has 116 valence electrons. The Morgan fingerprint density at radius 1 is 1.22 bits per heavy atom. The number of amides is 1. The molecule has 23 heavy (non-hydrogen) atoms. The molecule has 0 bridgehead atoms. The highest BCUT2D eigenvalue weighted by molar-refractivity contribution is 8.00. The van der Waals surface area contributed by atoms with Gasteiger partial charge in [-0.05, 0) is 52.9 Å². The van der Waals surface area contributed by atoms with Crippen LogP contribution in [-0.4, -0.2) is 31.9 Å². The van der Waals surface area contributed by atoms with Crippen molar-refractivity contribution in [2.24, 2.45) is 0 Å². The second-order valence-corrected chi connectivity index (χ2v) is 6.08. The minimum atomic E-state index is -0.0844. The van der Waals surface area contributed by atoms with Gasteiger partial charge in [0.25, 0.3) is 0 Å². The molecule has 1 amide bonds. The Kier molecular flexibility index (Phi) is 4.89. The molecule has 8 heteroatoms. The number of carbonyl (C=O) groups excluding carboxylic acids is 1. The summed E-state index contributed by atoms with van der Waals surface area (Å²) < 4.78 is 1.53. The summed E-state index contributed by atoms with van der Waals surface area (Å²) >= 11 is 7.28. The van der Waals surface area contributed by atoms with E-state index in [1.54, 1.807) is 18.2 Å². The number of benzene rings is 2. The van der Waals surface area contributed by atoms with E-state index in [0.29, 0.717) is 16.5 Å². The van der Waals surface area contributed by atoms with E-state index in [9.17, 15) is 4.79 Å². The van der Waals surface area contributed by atoms with Crippen molar-refractivity contribution in [2.45, 2.75) is 4.90 Å². The van der Waals surface area contributed by atoms with Gasteiger partial charge in [0.1, 0.15) is 6.33 Å². The first-order valence-electron chi connectivity index (χ1n) is 6.72. The summed E-state index contributed by atoms with van der Waals surface area (Å²) in [5.74, 6) is 0.232. The van der Waals surface area contributed by atoms with E-state index in [-0.39, 0.29) is 5.91 Å². The minimum absolute atomic E-state index is 0.0844. The molecule has 0 fully saturated rings. The third-order valence-corrected chi connectivity index (χ3v) is 4.19. The maximum Gasteiger partial charge on any atom is 0.234 e. The monoisotopic (exact) mass is 345 g/mol. The van der Waals surface area contributed by atoms with E-state index in [0.717, 1.165) is 10.6 Å². The van der Waals surface area contributed by atoms with Gasteiger partial charge in [0.05, 0.1) is 11.4 Å². The van der Waals surface area contributed by atoms with Crippen molar-refractivity contribution < 1.29 is 4.79 Å². The number of hydrogen-bond acceptors (Lipinski definition) is 5. The molecule has 0 aliphatic heterocycles. The fourth-order valence-electron chi connectivity index (χ4n) is 1.88. The Hall–Kier alpha value is -2.38. The lowest BCUT2D eigenvalue weighted by Crippen LogP contribution is -2.14. The number of rotatable bonds is 5. The first-order chi connectivity index (χ1) is 11.2. The lowest BCUT2D eigenvalue weighted by molar-refractivity contribution is -0.113. The molecular weight excluding hydrogens is 334 g/mol. The number of aromatic nitrogens is 4. The zero-order valence-electron chi connectivity index (χ0n) is 11.9. The lowest BCUT2D eigenvalue weighted by atomic mass is 10.3. The summed E-state index contributed by atoms with van der Waals surface area (Å²) in [6.45, 7) is 0. The summed E-state index contributed by atoms with van der Waals surface area (Å²) in [6.07, 6.45) is 1.50. The Morgan fingerprint density at radius 2 is 2.04 bits per heavy atom. The molecule has 3 aromatic rings. The van der Waals surface area contributed by atoms with Crippen LogP contribution in [0.1, 0.15) is 0 Å². The van der Waals surface area contributed by atoms with Crippen molar-refractivity contribution in [1.29, 1.82) is 0 Å². The second kappa shape index (κ2) is 7.26. The van der Waals surface area contributed by atoms with E-state index in [4.69, 9.17) is 11.6 Å². The predicted molar refractivity (Wildman–Crippen MR) is 90.0 cm³/mol. The molecule has 0 unspecified atom stereocenters. The lowest BCUT2D eigenvalue weighted by Gasteiger charge is -2.07. The van der Waals surface area contributed by atoms with Gasteiger partial charge in [0.15, 0.2) is 0 Å². The molecule has 1 N–H and O–H groups in total. The topological polar surface area (TPSA) is 72.7 Å². The van der Waals surface area contributed by atoms with Crippen molar-refractivity contribution in [1.82, 2.24) is 20.2 Å². The van der Waals surface area contributed by atoms with Crippen LogP contribution in [0.5, 0.6) is 0 Å². The second-order valence-electron chi connectivity index (χ2n) is 4.60. The predicted octanol–water partition coefficient (Wildman–Crippen LogP) is 3.05. The van der Waals surface area contributed by atoms with E-state index in [1.165, 1.54) is 22.8 Å². The van der Waals surface area contributed by atoms with Gasteiger partial charge in [0, 0.05) is 15.6 Å². The number of tetrazole rings is 1. The number of anilines is 1. The maximum atomic E-state index is 12.0. The number of carbonyl (C=O) groups is 1. The van der Waals surface area contributed by atoms with Gasteiger partial charge in [-0.1, -0.05) is 17.7 Å². The molecule has 0 atom stereocenters. The number of hydrogen-bond donors (Lipinski definition) is 1. The van der Waals surface area contributed by atoms with E-state index in [1.807, 2.05) is 30.3 Å². The van der Waals surface area contributed by atoms with Crippen molar-refractivity contribution >= 4 is 35.0 Å². The third kappa shape index (κ3) is 4.30. The Bertz CT molecular complexity index is 792. The van der Waals surface area contributed by atoms with Gasteiger partial charge in [-0.3, -0.25) is 4.79 Å². The molecule has 0 spiro atoms. The Balaban J connectivity index is 1.59. The number of nitrogens with zero attached hydrogens (tertiary/aromatic N) is 4. The van der Waals surface area contributed by atoms with Crippen LogP contribution in [0.2, 0.25) is 5.02 Å². The highest BCUT2D eigenvalue weighted by Crippen LogP contribution is 2.21. The van der Waals surface area contributed by atoms with Crippen LogP contribution in [0.25, 0.3) is 5.69 Å². The van der Waals surface area contributed by atoms with Crippen LogP contribution >= 0.6 is 23.4 Å².